The Kier molecular flexibility index (Phi) is 7.25. The number of nitrogens with zero attached hydrogens (tertiary/aromatic N) is 1. The summed E-state index contributed by atoms with van der Waals surface area (Å²) in [6, 6.07) is 11.7. The average molecular weight is 364 g/mol. The minimum Gasteiger partial charge on any atom is -0.396 e. The number of methoxy groups -OCH3 is 1. The van der Waals surface area contributed by atoms with Crippen LogP contribution in [0, 0.1) is 0 Å². The summed E-state index contributed by atoms with van der Waals surface area (Å²) in [7, 11) is 2.89. The molecule has 140 valence electrons. The first-order valence-electron chi connectivity index (χ1n) is 9.20. The summed E-state index contributed by atoms with van der Waals surface area (Å²) in [6.07, 6.45) is 6.07. The molecule has 0 radical (unpaired) electrons. The highest BCUT2D eigenvalue weighted by molar-refractivity contribution is 6.71. The second-order valence-electron chi connectivity index (χ2n) is 6.75. The number of hydrogen-bond donors (Lipinski definition) is 0. The zero-order valence-electron chi connectivity index (χ0n) is 16.2. The Balaban J connectivity index is 2.41. The Hall–Kier alpha value is -1.14. The van der Waals surface area contributed by atoms with Gasteiger partial charge in [0.25, 0.3) is 0 Å². The van der Waals surface area contributed by atoms with Crippen LogP contribution in [0.1, 0.15) is 38.2 Å². The van der Waals surface area contributed by atoms with E-state index >= 15 is 0 Å². The first kappa shape index (κ1) is 20.2. The minimum atomic E-state index is -2.50. The highest BCUT2D eigenvalue weighted by atomic mass is 28.4. The predicted octanol–water partition coefficient (Wildman–Crippen LogP) is 4.25. The smallest absolute Gasteiger partial charge is 0.372 e. The molecule has 1 aliphatic heterocycles. The van der Waals surface area contributed by atoms with E-state index in [1.165, 1.54) is 5.56 Å². The van der Waals surface area contributed by atoms with Gasteiger partial charge in [0.1, 0.15) is 5.22 Å². The molecule has 25 heavy (non-hydrogen) atoms. The van der Waals surface area contributed by atoms with E-state index in [4.69, 9.17) is 13.6 Å². The first-order chi connectivity index (χ1) is 12.1. The van der Waals surface area contributed by atoms with Crippen molar-refractivity contribution in [2.75, 3.05) is 21.3 Å². The van der Waals surface area contributed by atoms with Crippen molar-refractivity contribution >= 4 is 8.56 Å². The summed E-state index contributed by atoms with van der Waals surface area (Å²) in [6.45, 7) is 7.12. The van der Waals surface area contributed by atoms with Crippen LogP contribution in [0.3, 0.4) is 0 Å². The van der Waals surface area contributed by atoms with Gasteiger partial charge in [0.15, 0.2) is 0 Å². The van der Waals surface area contributed by atoms with E-state index in [9.17, 15) is 0 Å². The molecule has 1 aromatic rings. The molecule has 0 saturated carbocycles. The molecule has 0 N–H and O–H groups in total. The molecule has 2 atom stereocenters. The van der Waals surface area contributed by atoms with E-state index in [0.717, 1.165) is 38.3 Å². The van der Waals surface area contributed by atoms with Crippen LogP contribution in [0.2, 0.25) is 6.04 Å². The van der Waals surface area contributed by atoms with Gasteiger partial charge in [0.2, 0.25) is 0 Å². The highest BCUT2D eigenvalue weighted by Gasteiger charge is 2.64. The Bertz CT molecular complexity index is 535. The molecule has 0 aromatic heterocycles. The van der Waals surface area contributed by atoms with Crippen molar-refractivity contribution in [3.05, 3.63) is 48.7 Å². The van der Waals surface area contributed by atoms with Gasteiger partial charge in [-0.2, -0.15) is 0 Å². The van der Waals surface area contributed by atoms with Gasteiger partial charge >= 0.3 is 8.56 Å². The van der Waals surface area contributed by atoms with Crippen LogP contribution >= 0.6 is 0 Å². The molecule has 1 saturated heterocycles. The third-order valence-corrected chi connectivity index (χ3v) is 10.1. The van der Waals surface area contributed by atoms with E-state index in [1.807, 2.05) is 19.4 Å². The van der Waals surface area contributed by atoms with E-state index in [0.29, 0.717) is 0 Å². The lowest BCUT2D eigenvalue weighted by molar-refractivity contribution is -0.0650. The van der Waals surface area contributed by atoms with Crippen molar-refractivity contribution in [2.24, 2.45) is 0 Å². The van der Waals surface area contributed by atoms with Gasteiger partial charge in [-0.05, 0) is 37.1 Å². The quantitative estimate of drug-likeness (QED) is 0.614. The molecule has 0 spiro atoms. The molecule has 1 aliphatic rings. The fourth-order valence-corrected chi connectivity index (χ4v) is 8.63. The molecule has 1 aromatic carbocycles. The van der Waals surface area contributed by atoms with Gasteiger partial charge in [-0.1, -0.05) is 50.3 Å². The molecule has 0 aliphatic carbocycles. The minimum absolute atomic E-state index is 0.204. The Morgan fingerprint density at radius 3 is 2.44 bits per heavy atom. The van der Waals surface area contributed by atoms with E-state index in [-0.39, 0.29) is 6.04 Å². The van der Waals surface area contributed by atoms with Gasteiger partial charge < -0.3 is 18.5 Å². The van der Waals surface area contributed by atoms with Gasteiger partial charge in [-0.3, -0.25) is 0 Å². The van der Waals surface area contributed by atoms with Crippen molar-refractivity contribution in [3.8, 4) is 0 Å². The molecule has 0 bridgehead atoms. The van der Waals surface area contributed by atoms with Crippen molar-refractivity contribution in [3.63, 3.8) is 0 Å². The van der Waals surface area contributed by atoms with Gasteiger partial charge in [0, 0.05) is 27.9 Å². The zero-order valence-corrected chi connectivity index (χ0v) is 17.2. The molecular weight excluding hydrogens is 330 g/mol. The SMILES string of the molecule is C=CN(Cc1ccccc1)C1CCC[Si](OC)(OC)C1(CCC)OC. The van der Waals surface area contributed by atoms with Crippen LogP contribution in [-0.4, -0.2) is 46.1 Å². The zero-order chi connectivity index (χ0) is 18.3. The molecule has 2 rings (SSSR count). The summed E-state index contributed by atoms with van der Waals surface area (Å²) in [5.41, 5.74) is 1.27. The normalized spacial score (nSPS) is 25.5. The van der Waals surface area contributed by atoms with Crippen LogP contribution in [-0.2, 0) is 20.1 Å². The standard InChI is InChI=1S/C20H33NO3Si/c1-6-15-20(22-3)19(14-11-16-25(20,23-4)24-5)21(7-2)17-18-12-9-8-10-13-18/h7-10,12-13,19H,2,6,11,14-17H2,1,3-5H3. The Morgan fingerprint density at radius 2 is 1.92 bits per heavy atom. The summed E-state index contributed by atoms with van der Waals surface area (Å²) in [5.74, 6) is 0. The number of benzene rings is 1. The van der Waals surface area contributed by atoms with Crippen LogP contribution in [0.25, 0.3) is 0 Å². The number of hydrogen-bond acceptors (Lipinski definition) is 4. The second-order valence-corrected chi connectivity index (χ2v) is 10.4. The summed E-state index contributed by atoms with van der Waals surface area (Å²) >= 11 is 0. The topological polar surface area (TPSA) is 30.9 Å². The fourth-order valence-electron chi connectivity index (χ4n) is 4.51. The molecule has 1 fully saturated rings. The first-order valence-corrected chi connectivity index (χ1v) is 11.2. The van der Waals surface area contributed by atoms with Crippen LogP contribution in [0.4, 0.5) is 0 Å². The largest absolute Gasteiger partial charge is 0.396 e. The third-order valence-electron chi connectivity index (χ3n) is 5.65. The molecule has 0 amide bonds. The summed E-state index contributed by atoms with van der Waals surface area (Å²) in [4.78, 5) is 2.33. The van der Waals surface area contributed by atoms with Gasteiger partial charge in [0.05, 0.1) is 6.04 Å². The highest BCUT2D eigenvalue weighted by Crippen LogP contribution is 2.45. The Morgan fingerprint density at radius 1 is 1.24 bits per heavy atom. The lowest BCUT2D eigenvalue weighted by Crippen LogP contribution is -2.73. The van der Waals surface area contributed by atoms with Crippen LogP contribution in [0.5, 0.6) is 0 Å². The maximum Gasteiger partial charge on any atom is 0.372 e. The summed E-state index contributed by atoms with van der Waals surface area (Å²) in [5, 5.41) is -0.396. The number of rotatable bonds is 9. The van der Waals surface area contributed by atoms with E-state index in [1.54, 1.807) is 14.2 Å². The van der Waals surface area contributed by atoms with Gasteiger partial charge in [-0.25, -0.2) is 0 Å². The van der Waals surface area contributed by atoms with Crippen molar-refractivity contribution < 1.29 is 13.6 Å². The van der Waals surface area contributed by atoms with E-state index < -0.39 is 13.8 Å². The molecule has 5 heteroatoms. The number of ether oxygens (including phenoxy) is 1. The van der Waals surface area contributed by atoms with Crippen molar-refractivity contribution in [1.29, 1.82) is 0 Å². The fraction of sp³-hybridized carbons (Fsp3) is 0.600. The third kappa shape index (κ3) is 3.70. The maximum atomic E-state index is 6.27. The second kappa shape index (κ2) is 8.99. The maximum absolute atomic E-state index is 6.27. The molecule has 2 unspecified atom stereocenters. The molecule has 4 nitrogen and oxygen atoms in total. The summed E-state index contributed by atoms with van der Waals surface area (Å²) < 4.78 is 18.5. The van der Waals surface area contributed by atoms with Crippen molar-refractivity contribution in [2.45, 2.75) is 56.5 Å². The molecular formula is C20H33NO3Si. The van der Waals surface area contributed by atoms with E-state index in [2.05, 4.69) is 42.7 Å². The Labute approximate surface area is 154 Å². The van der Waals surface area contributed by atoms with Crippen LogP contribution in [0.15, 0.2) is 43.1 Å². The lowest BCUT2D eigenvalue weighted by Gasteiger charge is -2.55. The lowest BCUT2D eigenvalue weighted by atomic mass is 9.97. The monoisotopic (exact) mass is 363 g/mol. The average Bonchev–Trinajstić information content (AvgIpc) is 2.67. The van der Waals surface area contributed by atoms with Gasteiger partial charge in [-0.15, -0.1) is 0 Å². The molecule has 1 heterocycles. The van der Waals surface area contributed by atoms with Crippen LogP contribution < -0.4 is 0 Å². The predicted molar refractivity (Wildman–Crippen MR) is 104 cm³/mol. The van der Waals surface area contributed by atoms with Crippen molar-refractivity contribution in [1.82, 2.24) is 4.90 Å².